The predicted octanol–water partition coefficient (Wildman–Crippen LogP) is 6.40. The fourth-order valence-electron chi connectivity index (χ4n) is 2.92. The number of benzene rings is 1. The molecule has 0 aromatic heterocycles. The van der Waals surface area contributed by atoms with Crippen LogP contribution in [0.5, 0.6) is 5.75 Å². The zero-order valence-electron chi connectivity index (χ0n) is 15.4. The summed E-state index contributed by atoms with van der Waals surface area (Å²) < 4.78 is 7.96. The van der Waals surface area contributed by atoms with Gasteiger partial charge in [0.2, 0.25) is 0 Å². The zero-order valence-corrected chi connectivity index (χ0v) is 19.5. The quantitative estimate of drug-likeness (QED) is 0.535. The van der Waals surface area contributed by atoms with Crippen LogP contribution in [0.1, 0.15) is 49.9 Å². The molecule has 0 saturated carbocycles. The van der Waals surface area contributed by atoms with Crippen LogP contribution < -0.4 is 2.81 Å². The fourth-order valence-corrected chi connectivity index (χ4v) is 5.79. The standard InChI is InChI=1S/C10H14O.C9H13.2ClH.Zr/c1-6-5-10(11)9(4)8(3)7(6)2;1-6-5-7(2)9(4)8(6)3;;;/h5,11H,1-4H3;6H,1-4H3;2*1H;/q;;;;+1/p-1. The van der Waals surface area contributed by atoms with Gasteiger partial charge in [-0.25, -0.2) is 0 Å². The van der Waals surface area contributed by atoms with Crippen LogP contribution in [-0.2, 0) is 23.7 Å². The first-order chi connectivity index (χ1) is 9.75. The van der Waals surface area contributed by atoms with Crippen LogP contribution in [0, 0.1) is 33.6 Å². The van der Waals surface area contributed by atoms with Gasteiger partial charge in [-0.3, -0.25) is 0 Å². The van der Waals surface area contributed by atoms with E-state index in [4.69, 9.17) is 2.81 Å². The second-order valence-corrected chi connectivity index (χ2v) is 8.67. The Kier molecular flexibility index (Phi) is 8.87. The molecule has 1 aliphatic rings. The molecule has 4 heteroatoms. The number of hydrogen-bond acceptors (Lipinski definition) is 1. The van der Waals surface area contributed by atoms with E-state index in [0.717, 1.165) is 5.75 Å². The summed E-state index contributed by atoms with van der Waals surface area (Å²) in [5, 5.41) is 0. The van der Waals surface area contributed by atoms with Crippen molar-refractivity contribution in [3.63, 3.8) is 0 Å². The Labute approximate surface area is 166 Å². The van der Waals surface area contributed by atoms with Gasteiger partial charge in [-0.05, 0) is 0 Å². The van der Waals surface area contributed by atoms with Crippen molar-refractivity contribution in [2.45, 2.75) is 55.4 Å². The van der Waals surface area contributed by atoms with Crippen molar-refractivity contribution in [2.24, 2.45) is 5.92 Å². The topological polar surface area (TPSA) is 9.23 Å². The van der Waals surface area contributed by atoms with E-state index in [1.807, 2.05) is 0 Å². The SMILES string of the molecule is CC1=C(C)C(C)[C]([Zr][O]c2cc(C)c(C)c(C)c2C)=C1C.Cl.Cl. The molecule has 1 aromatic rings. The first-order valence-electron chi connectivity index (χ1n) is 7.64. The van der Waals surface area contributed by atoms with E-state index >= 15 is 0 Å². The first-order valence-corrected chi connectivity index (χ1v) is 9.87. The second kappa shape index (κ2) is 8.88. The monoisotopic (exact) mass is 432 g/mol. The third-order valence-corrected chi connectivity index (χ3v) is 8.66. The Morgan fingerprint density at radius 3 is 1.87 bits per heavy atom. The molecule has 0 amide bonds. The predicted molar refractivity (Wildman–Crippen MR) is 101 cm³/mol. The van der Waals surface area contributed by atoms with Gasteiger partial charge in [-0.2, -0.15) is 0 Å². The van der Waals surface area contributed by atoms with Crippen LogP contribution in [0.2, 0.25) is 0 Å². The molecule has 0 aliphatic heterocycles. The Morgan fingerprint density at radius 2 is 1.39 bits per heavy atom. The second-order valence-electron chi connectivity index (χ2n) is 6.34. The molecule has 23 heavy (non-hydrogen) atoms. The molecule has 0 fully saturated rings. The van der Waals surface area contributed by atoms with Gasteiger partial charge in [-0.15, -0.1) is 24.8 Å². The van der Waals surface area contributed by atoms with Crippen molar-refractivity contribution < 1.29 is 26.5 Å². The number of aryl methyl sites for hydroxylation is 1. The van der Waals surface area contributed by atoms with E-state index < -0.39 is 23.7 Å². The minimum Gasteiger partial charge on any atom is -0.147 e. The Hall–Kier alpha value is -0.0369. The van der Waals surface area contributed by atoms with Gasteiger partial charge in [0.25, 0.3) is 0 Å². The molecule has 0 bridgehead atoms. The van der Waals surface area contributed by atoms with Crippen LogP contribution in [0.3, 0.4) is 0 Å². The smallest absolute Gasteiger partial charge is 0.147 e. The molecule has 1 unspecified atom stereocenters. The molecule has 1 nitrogen and oxygen atoms in total. The number of halogens is 2. The number of allylic oxidation sites excluding steroid dienone is 4. The molecule has 0 radical (unpaired) electrons. The minimum absolute atomic E-state index is 0. The van der Waals surface area contributed by atoms with Gasteiger partial charge >= 0.3 is 142 Å². The summed E-state index contributed by atoms with van der Waals surface area (Å²) in [5.74, 6) is 1.70. The van der Waals surface area contributed by atoms with Crippen LogP contribution in [0.25, 0.3) is 0 Å². The van der Waals surface area contributed by atoms with Gasteiger partial charge in [0.05, 0.1) is 0 Å². The number of hydrogen-bond donors (Lipinski definition) is 0. The van der Waals surface area contributed by atoms with E-state index in [9.17, 15) is 0 Å². The Morgan fingerprint density at radius 1 is 0.826 bits per heavy atom. The zero-order chi connectivity index (χ0) is 15.9. The largest absolute Gasteiger partial charge is 0.147 e. The van der Waals surface area contributed by atoms with Gasteiger partial charge in [0.15, 0.2) is 0 Å². The number of rotatable bonds is 3. The van der Waals surface area contributed by atoms with E-state index in [0.29, 0.717) is 5.92 Å². The Bertz CT molecular complexity index is 660. The molecule has 128 valence electrons. The van der Waals surface area contributed by atoms with E-state index in [1.165, 1.54) is 39.0 Å². The third kappa shape index (κ3) is 4.33. The molecule has 1 aromatic carbocycles. The van der Waals surface area contributed by atoms with Crippen molar-refractivity contribution in [1.82, 2.24) is 0 Å². The van der Waals surface area contributed by atoms with Gasteiger partial charge in [-0.1, -0.05) is 0 Å². The van der Waals surface area contributed by atoms with Gasteiger partial charge < -0.3 is 0 Å². The van der Waals surface area contributed by atoms with Gasteiger partial charge in [0, 0.05) is 0 Å². The van der Waals surface area contributed by atoms with Crippen molar-refractivity contribution >= 4 is 24.8 Å². The van der Waals surface area contributed by atoms with Crippen molar-refractivity contribution in [2.75, 3.05) is 0 Å². The molecule has 0 spiro atoms. The maximum absolute atomic E-state index is 6.36. The van der Waals surface area contributed by atoms with E-state index in [2.05, 4.69) is 61.5 Å². The normalized spacial score (nSPS) is 17.0. The molecule has 0 heterocycles. The van der Waals surface area contributed by atoms with Gasteiger partial charge in [0.1, 0.15) is 0 Å². The molecule has 1 aliphatic carbocycles. The van der Waals surface area contributed by atoms with Crippen LogP contribution >= 0.6 is 24.8 Å². The molecule has 0 N–H and O–H groups in total. The summed E-state index contributed by atoms with van der Waals surface area (Å²) in [6.07, 6.45) is 0. The summed E-state index contributed by atoms with van der Waals surface area (Å²) in [7, 11) is 0. The Balaban J connectivity index is 0.00000242. The molecular weight excluding hydrogens is 406 g/mol. The molecule has 0 saturated heterocycles. The van der Waals surface area contributed by atoms with E-state index in [-0.39, 0.29) is 24.8 Å². The van der Waals surface area contributed by atoms with Crippen molar-refractivity contribution in [1.29, 1.82) is 0 Å². The van der Waals surface area contributed by atoms with Crippen molar-refractivity contribution in [3.05, 3.63) is 48.3 Å². The first kappa shape index (κ1) is 23.0. The van der Waals surface area contributed by atoms with Crippen LogP contribution in [-0.4, -0.2) is 0 Å². The maximum Gasteiger partial charge on any atom is -0.147 e. The summed E-state index contributed by atoms with van der Waals surface area (Å²) in [4.78, 5) is 0. The molecular formula is C19H28Cl2OZr. The summed E-state index contributed by atoms with van der Waals surface area (Å²) in [5.41, 5.74) is 9.91. The molecule has 1 atom stereocenters. The van der Waals surface area contributed by atoms with Crippen LogP contribution in [0.4, 0.5) is 0 Å². The van der Waals surface area contributed by atoms with Crippen molar-refractivity contribution in [3.8, 4) is 5.75 Å². The summed E-state index contributed by atoms with van der Waals surface area (Å²) in [6, 6.07) is 2.22. The average molecular weight is 435 g/mol. The fraction of sp³-hybridized carbons (Fsp3) is 0.474. The van der Waals surface area contributed by atoms with E-state index in [1.54, 1.807) is 3.28 Å². The van der Waals surface area contributed by atoms with Crippen LogP contribution in [0.15, 0.2) is 26.1 Å². The summed E-state index contributed by atoms with van der Waals surface area (Å²) >= 11 is -1.01. The average Bonchev–Trinajstić information content (AvgIpc) is 2.64. The minimum atomic E-state index is -1.01. The summed E-state index contributed by atoms with van der Waals surface area (Å²) in [6.45, 7) is 17.9. The third-order valence-electron chi connectivity index (χ3n) is 5.35. The maximum atomic E-state index is 6.36. The molecule has 2 rings (SSSR count).